The lowest BCUT2D eigenvalue weighted by molar-refractivity contribution is -0.129. The lowest BCUT2D eigenvalue weighted by Crippen LogP contribution is -2.55. The number of carbonyl (C=O) groups excluding carboxylic acids is 2. The Morgan fingerprint density at radius 2 is 1.97 bits per heavy atom. The monoisotopic (exact) mass is 489 g/mol. The molecule has 0 bridgehead atoms. The highest BCUT2D eigenvalue weighted by molar-refractivity contribution is 6.36. The topological polar surface area (TPSA) is 144 Å². The summed E-state index contributed by atoms with van der Waals surface area (Å²) in [5, 5.41) is 26.8. The minimum Gasteiger partial charge on any atom is -0.477 e. The van der Waals surface area contributed by atoms with Crippen LogP contribution in [-0.2, 0) is 20.8 Å². The Bertz CT molecular complexity index is 1090. The fraction of sp³-hybridized carbons (Fsp3) is 0.522. The van der Waals surface area contributed by atoms with Crippen molar-refractivity contribution < 1.29 is 33.1 Å². The van der Waals surface area contributed by atoms with Crippen LogP contribution in [0.1, 0.15) is 37.7 Å². The molecule has 3 N–H and O–H groups in total. The summed E-state index contributed by atoms with van der Waals surface area (Å²) in [6.45, 7) is 0.168. The SMILES string of the molecule is N#CC1(NC(=O)[C@H](CC(F)(F)Cc2ccccc2)NC(=O)N2CCC3(CC(C(=O)O)=NO3)C2)CC1. The van der Waals surface area contributed by atoms with Gasteiger partial charge in [-0.1, -0.05) is 35.5 Å². The third-order valence-corrected chi connectivity index (χ3v) is 6.44. The number of amides is 3. The Morgan fingerprint density at radius 1 is 1.26 bits per heavy atom. The molecule has 3 amide bonds. The third-order valence-electron chi connectivity index (χ3n) is 6.44. The van der Waals surface area contributed by atoms with Gasteiger partial charge in [0.05, 0.1) is 12.6 Å². The number of likely N-dealkylation sites (tertiary alicyclic amines) is 1. The molecule has 1 spiro atoms. The number of hydrogen-bond donors (Lipinski definition) is 3. The minimum atomic E-state index is -3.31. The molecular weight excluding hydrogens is 464 g/mol. The number of carboxylic acids is 1. The third kappa shape index (κ3) is 5.67. The first-order chi connectivity index (χ1) is 16.5. The zero-order valence-electron chi connectivity index (χ0n) is 18.8. The predicted molar refractivity (Wildman–Crippen MR) is 117 cm³/mol. The van der Waals surface area contributed by atoms with E-state index in [9.17, 15) is 28.4 Å². The van der Waals surface area contributed by atoms with Crippen LogP contribution in [0.5, 0.6) is 0 Å². The molecular formula is C23H25F2N5O5. The number of carbonyl (C=O) groups is 3. The maximum Gasteiger partial charge on any atom is 0.353 e. The molecule has 3 aliphatic rings. The number of benzene rings is 1. The zero-order chi connectivity index (χ0) is 25.3. The van der Waals surface area contributed by atoms with E-state index in [0.717, 1.165) is 0 Å². The second kappa shape index (κ2) is 9.13. The normalized spacial score (nSPS) is 23.1. The molecule has 35 heavy (non-hydrogen) atoms. The molecule has 0 radical (unpaired) electrons. The summed E-state index contributed by atoms with van der Waals surface area (Å²) in [6, 6.07) is 7.71. The lowest BCUT2D eigenvalue weighted by Gasteiger charge is -2.27. The van der Waals surface area contributed by atoms with Gasteiger partial charge in [-0.05, 0) is 18.4 Å². The highest BCUT2D eigenvalue weighted by Crippen LogP contribution is 2.36. The van der Waals surface area contributed by atoms with Crippen LogP contribution in [0.25, 0.3) is 0 Å². The highest BCUT2D eigenvalue weighted by Gasteiger charge is 2.50. The number of halogens is 2. The number of aliphatic carboxylic acids is 1. The summed E-state index contributed by atoms with van der Waals surface area (Å²) in [7, 11) is 0. The molecule has 2 heterocycles. The second-order valence-electron chi connectivity index (χ2n) is 9.37. The quantitative estimate of drug-likeness (QED) is 0.508. The molecule has 186 valence electrons. The van der Waals surface area contributed by atoms with E-state index in [1.165, 1.54) is 4.90 Å². The maximum absolute atomic E-state index is 14.9. The second-order valence-corrected chi connectivity index (χ2v) is 9.37. The number of carboxylic acid groups (broad SMARTS) is 1. The van der Waals surface area contributed by atoms with Gasteiger partial charge in [-0.3, -0.25) is 4.79 Å². The molecule has 1 aromatic rings. The van der Waals surface area contributed by atoms with Gasteiger partial charge in [-0.2, -0.15) is 5.26 Å². The van der Waals surface area contributed by atoms with E-state index in [0.29, 0.717) is 24.8 Å². The van der Waals surface area contributed by atoms with Gasteiger partial charge in [0, 0.05) is 32.2 Å². The van der Waals surface area contributed by atoms with Gasteiger partial charge in [-0.15, -0.1) is 0 Å². The van der Waals surface area contributed by atoms with Crippen LogP contribution in [0, 0.1) is 11.3 Å². The fourth-order valence-corrected chi connectivity index (χ4v) is 4.30. The number of hydrogen-bond acceptors (Lipinski definition) is 6. The van der Waals surface area contributed by atoms with E-state index >= 15 is 0 Å². The first kappa shape index (κ1) is 24.4. The molecule has 2 aliphatic heterocycles. The predicted octanol–water partition coefficient (Wildman–Crippen LogP) is 1.81. The van der Waals surface area contributed by atoms with E-state index in [1.807, 2.05) is 6.07 Å². The summed E-state index contributed by atoms with van der Waals surface area (Å²) in [5.74, 6) is -5.38. The van der Waals surface area contributed by atoms with Crippen molar-refractivity contribution in [2.24, 2.45) is 5.16 Å². The van der Waals surface area contributed by atoms with Crippen LogP contribution in [0.2, 0.25) is 0 Å². The Hall–Kier alpha value is -3.75. The van der Waals surface area contributed by atoms with Crippen LogP contribution in [0.3, 0.4) is 0 Å². The fourth-order valence-electron chi connectivity index (χ4n) is 4.30. The Balaban J connectivity index is 1.43. The van der Waals surface area contributed by atoms with Gasteiger partial charge in [-0.25, -0.2) is 18.4 Å². The molecule has 2 fully saturated rings. The van der Waals surface area contributed by atoms with E-state index in [-0.39, 0.29) is 25.2 Å². The molecule has 1 saturated heterocycles. The van der Waals surface area contributed by atoms with E-state index in [2.05, 4.69) is 15.8 Å². The Kier molecular flexibility index (Phi) is 6.36. The van der Waals surface area contributed by atoms with Crippen molar-refractivity contribution in [3.05, 3.63) is 35.9 Å². The van der Waals surface area contributed by atoms with E-state index in [1.54, 1.807) is 30.3 Å². The molecule has 12 heteroatoms. The number of urea groups is 1. The van der Waals surface area contributed by atoms with E-state index in [4.69, 9.17) is 9.94 Å². The number of nitrogens with one attached hydrogen (secondary N) is 2. The first-order valence-corrected chi connectivity index (χ1v) is 11.2. The molecule has 4 rings (SSSR count). The van der Waals surface area contributed by atoms with Crippen LogP contribution < -0.4 is 10.6 Å². The number of nitriles is 1. The van der Waals surface area contributed by atoms with Crippen molar-refractivity contribution in [1.82, 2.24) is 15.5 Å². The van der Waals surface area contributed by atoms with Crippen molar-refractivity contribution in [1.29, 1.82) is 5.26 Å². The number of oxime groups is 1. The number of rotatable bonds is 8. The summed E-state index contributed by atoms with van der Waals surface area (Å²) >= 11 is 0. The van der Waals surface area contributed by atoms with Gasteiger partial charge in [0.2, 0.25) is 5.91 Å². The van der Waals surface area contributed by atoms with Gasteiger partial charge in [0.15, 0.2) is 11.3 Å². The molecule has 1 unspecified atom stereocenters. The molecule has 0 aromatic heterocycles. The summed E-state index contributed by atoms with van der Waals surface area (Å²) < 4.78 is 29.9. The molecule has 2 atom stereocenters. The van der Waals surface area contributed by atoms with Crippen LogP contribution in [0.15, 0.2) is 35.5 Å². The average Bonchev–Trinajstić information content (AvgIpc) is 3.25. The van der Waals surface area contributed by atoms with Gasteiger partial charge in [0.1, 0.15) is 11.6 Å². The van der Waals surface area contributed by atoms with Crippen molar-refractivity contribution in [2.45, 2.75) is 61.6 Å². The van der Waals surface area contributed by atoms with E-state index < -0.39 is 53.9 Å². The maximum atomic E-state index is 14.9. The molecule has 10 nitrogen and oxygen atoms in total. The van der Waals surface area contributed by atoms with Gasteiger partial charge >= 0.3 is 12.0 Å². The lowest BCUT2D eigenvalue weighted by atomic mass is 9.97. The molecule has 1 aliphatic carbocycles. The first-order valence-electron chi connectivity index (χ1n) is 11.2. The summed E-state index contributed by atoms with van der Waals surface area (Å²) in [4.78, 5) is 43.5. The van der Waals surface area contributed by atoms with Crippen molar-refractivity contribution in [3.8, 4) is 6.07 Å². The van der Waals surface area contributed by atoms with Gasteiger partial charge < -0.3 is 25.5 Å². The Labute approximate surface area is 199 Å². The largest absolute Gasteiger partial charge is 0.477 e. The number of alkyl halides is 2. The average molecular weight is 489 g/mol. The van der Waals surface area contributed by atoms with Crippen LogP contribution >= 0.6 is 0 Å². The van der Waals surface area contributed by atoms with Crippen molar-refractivity contribution in [3.63, 3.8) is 0 Å². The smallest absolute Gasteiger partial charge is 0.353 e. The highest BCUT2D eigenvalue weighted by atomic mass is 19.3. The summed E-state index contributed by atoms with van der Waals surface area (Å²) in [6.07, 6.45) is -0.437. The van der Waals surface area contributed by atoms with Crippen LogP contribution in [-0.4, -0.2) is 69.8 Å². The molecule has 1 saturated carbocycles. The zero-order valence-corrected chi connectivity index (χ0v) is 18.8. The number of nitrogens with zero attached hydrogens (tertiary/aromatic N) is 3. The molecule has 1 aromatic carbocycles. The van der Waals surface area contributed by atoms with Crippen LogP contribution in [0.4, 0.5) is 13.6 Å². The van der Waals surface area contributed by atoms with Crippen molar-refractivity contribution in [2.75, 3.05) is 13.1 Å². The summed E-state index contributed by atoms with van der Waals surface area (Å²) in [5.41, 5.74) is -1.85. The van der Waals surface area contributed by atoms with Gasteiger partial charge in [0.25, 0.3) is 5.92 Å². The Morgan fingerprint density at radius 3 is 2.57 bits per heavy atom. The van der Waals surface area contributed by atoms with Crippen molar-refractivity contribution >= 4 is 23.6 Å². The standard InChI is InChI=1S/C23H25F2N5O5/c24-23(25,10-15-4-2-1-3-5-15)12-16(18(31)28-21(13-26)6-7-21)27-20(34)30-9-8-22(14-30)11-17(19(32)33)29-35-22/h1-5,16H,6-12,14H2,(H,27,34)(H,28,31)(H,32,33)/t16-,22?/m0/s1. The minimum absolute atomic E-state index is 0.00397.